The summed E-state index contributed by atoms with van der Waals surface area (Å²) < 4.78 is 13.6. The molecular weight excluding hydrogens is 279 g/mol. The molecule has 0 fully saturated rings. The number of benzene rings is 2. The number of nitrogens with two attached hydrogens (primary N) is 2. The first-order valence-electron chi connectivity index (χ1n) is 6.93. The van der Waals surface area contributed by atoms with Crippen LogP contribution in [0.25, 0.3) is 22.3 Å². The van der Waals surface area contributed by atoms with Crippen LogP contribution in [-0.2, 0) is 6.42 Å². The SMILES string of the molecule is Nc1nc(N)c2c(n1)Cc1cccc(-c3cccc(F)c3)c1-2. The lowest BCUT2D eigenvalue weighted by atomic mass is 9.94. The third kappa shape index (κ3) is 1.83. The molecule has 1 aromatic heterocycles. The van der Waals surface area contributed by atoms with Crippen molar-refractivity contribution in [1.82, 2.24) is 9.97 Å². The smallest absolute Gasteiger partial charge is 0.222 e. The van der Waals surface area contributed by atoms with Crippen molar-refractivity contribution < 1.29 is 4.39 Å². The molecule has 0 amide bonds. The number of rotatable bonds is 1. The standard InChI is InChI=1S/C17H13FN4/c18-11-5-1-3-9(7-11)12-6-2-4-10-8-13-15(14(10)12)16(19)22-17(20)21-13/h1-7H,8H2,(H4,19,20,21,22). The molecule has 0 saturated heterocycles. The third-order valence-electron chi connectivity index (χ3n) is 3.92. The fourth-order valence-electron chi connectivity index (χ4n) is 3.07. The Hall–Kier alpha value is -2.95. The van der Waals surface area contributed by atoms with Crippen molar-refractivity contribution in [1.29, 1.82) is 0 Å². The van der Waals surface area contributed by atoms with E-state index in [1.165, 1.54) is 12.1 Å². The Balaban J connectivity index is 2.01. The van der Waals surface area contributed by atoms with Crippen LogP contribution in [0.4, 0.5) is 16.2 Å². The van der Waals surface area contributed by atoms with E-state index >= 15 is 0 Å². The van der Waals surface area contributed by atoms with Crippen LogP contribution in [0.2, 0.25) is 0 Å². The van der Waals surface area contributed by atoms with Gasteiger partial charge in [-0.15, -0.1) is 0 Å². The number of nitrogen functional groups attached to an aromatic ring is 2. The van der Waals surface area contributed by atoms with E-state index in [4.69, 9.17) is 11.5 Å². The summed E-state index contributed by atoms with van der Waals surface area (Å²) in [5, 5.41) is 0. The number of hydrogen-bond acceptors (Lipinski definition) is 4. The molecule has 3 aromatic rings. The van der Waals surface area contributed by atoms with Gasteiger partial charge in [0.15, 0.2) is 0 Å². The maximum Gasteiger partial charge on any atom is 0.222 e. The summed E-state index contributed by atoms with van der Waals surface area (Å²) in [5.41, 5.74) is 17.2. The fraction of sp³-hybridized carbons (Fsp3) is 0.0588. The van der Waals surface area contributed by atoms with Crippen LogP contribution in [-0.4, -0.2) is 9.97 Å². The van der Waals surface area contributed by atoms with Crippen molar-refractivity contribution in [3.8, 4) is 22.3 Å². The second-order valence-electron chi connectivity index (χ2n) is 5.32. The largest absolute Gasteiger partial charge is 0.383 e. The van der Waals surface area contributed by atoms with E-state index in [0.717, 1.165) is 33.5 Å². The highest BCUT2D eigenvalue weighted by molar-refractivity contribution is 5.93. The predicted octanol–water partition coefficient (Wildman–Crippen LogP) is 3.02. The average Bonchev–Trinajstić information content (AvgIpc) is 2.85. The van der Waals surface area contributed by atoms with Crippen LogP contribution in [0.1, 0.15) is 11.3 Å². The molecule has 0 atom stereocenters. The molecule has 0 aliphatic heterocycles. The summed E-state index contributed by atoms with van der Waals surface area (Å²) in [5.74, 6) is 0.274. The van der Waals surface area contributed by atoms with Gasteiger partial charge in [-0.25, -0.2) is 9.37 Å². The van der Waals surface area contributed by atoms with E-state index in [0.29, 0.717) is 12.2 Å². The quantitative estimate of drug-likeness (QED) is 0.565. The first kappa shape index (κ1) is 12.8. The second-order valence-corrected chi connectivity index (χ2v) is 5.32. The lowest BCUT2D eigenvalue weighted by Gasteiger charge is -2.11. The van der Waals surface area contributed by atoms with Crippen LogP contribution in [0.15, 0.2) is 42.5 Å². The Morgan fingerprint density at radius 1 is 0.955 bits per heavy atom. The molecule has 0 bridgehead atoms. The minimum atomic E-state index is -0.269. The zero-order valence-electron chi connectivity index (χ0n) is 11.7. The molecule has 5 heteroatoms. The van der Waals surface area contributed by atoms with Gasteiger partial charge < -0.3 is 11.5 Å². The third-order valence-corrected chi connectivity index (χ3v) is 3.92. The minimum absolute atomic E-state index is 0.177. The average molecular weight is 292 g/mol. The Labute approximate surface area is 126 Å². The molecule has 0 saturated carbocycles. The molecule has 22 heavy (non-hydrogen) atoms. The molecule has 0 unspecified atom stereocenters. The van der Waals surface area contributed by atoms with Crippen molar-refractivity contribution in [2.45, 2.75) is 6.42 Å². The summed E-state index contributed by atoms with van der Waals surface area (Å²) in [6.07, 6.45) is 0.657. The first-order chi connectivity index (χ1) is 10.6. The van der Waals surface area contributed by atoms with Gasteiger partial charge in [0.2, 0.25) is 5.95 Å². The molecule has 1 heterocycles. The zero-order valence-corrected chi connectivity index (χ0v) is 11.7. The van der Waals surface area contributed by atoms with E-state index in [1.54, 1.807) is 6.07 Å². The normalized spacial score (nSPS) is 12.0. The monoisotopic (exact) mass is 292 g/mol. The van der Waals surface area contributed by atoms with Crippen LogP contribution >= 0.6 is 0 Å². The summed E-state index contributed by atoms with van der Waals surface area (Å²) >= 11 is 0. The van der Waals surface area contributed by atoms with Gasteiger partial charge >= 0.3 is 0 Å². The van der Waals surface area contributed by atoms with Crippen LogP contribution in [0.3, 0.4) is 0 Å². The Morgan fingerprint density at radius 2 is 1.77 bits per heavy atom. The molecular formula is C17H13FN4. The van der Waals surface area contributed by atoms with Crippen molar-refractivity contribution in [3.63, 3.8) is 0 Å². The van der Waals surface area contributed by atoms with Gasteiger partial charge in [-0.05, 0) is 34.4 Å². The van der Waals surface area contributed by atoms with Crippen LogP contribution in [0.5, 0.6) is 0 Å². The van der Waals surface area contributed by atoms with Crippen LogP contribution < -0.4 is 11.5 Å². The van der Waals surface area contributed by atoms with E-state index in [-0.39, 0.29) is 11.8 Å². The highest BCUT2D eigenvalue weighted by Crippen LogP contribution is 2.44. The van der Waals surface area contributed by atoms with Crippen molar-refractivity contribution in [2.24, 2.45) is 0 Å². The number of fused-ring (bicyclic) bond motifs is 3. The van der Waals surface area contributed by atoms with Gasteiger partial charge in [-0.3, -0.25) is 0 Å². The zero-order chi connectivity index (χ0) is 15.3. The minimum Gasteiger partial charge on any atom is -0.383 e. The number of halogens is 1. The maximum atomic E-state index is 13.6. The molecule has 108 valence electrons. The van der Waals surface area contributed by atoms with Crippen molar-refractivity contribution >= 4 is 11.8 Å². The molecule has 4 nitrogen and oxygen atoms in total. The van der Waals surface area contributed by atoms with Crippen molar-refractivity contribution in [3.05, 3.63) is 59.5 Å². The summed E-state index contributed by atoms with van der Waals surface area (Å²) in [6.45, 7) is 0. The molecule has 0 radical (unpaired) electrons. The lowest BCUT2D eigenvalue weighted by molar-refractivity contribution is 0.628. The Bertz CT molecular complexity index is 905. The lowest BCUT2D eigenvalue weighted by Crippen LogP contribution is -2.03. The predicted molar refractivity (Wildman–Crippen MR) is 84.5 cm³/mol. The molecule has 1 aliphatic rings. The summed E-state index contributed by atoms with van der Waals surface area (Å²) in [7, 11) is 0. The van der Waals surface area contributed by atoms with E-state index in [9.17, 15) is 4.39 Å². The van der Waals surface area contributed by atoms with Gasteiger partial charge in [0.25, 0.3) is 0 Å². The highest BCUT2D eigenvalue weighted by atomic mass is 19.1. The topological polar surface area (TPSA) is 77.8 Å². The van der Waals surface area contributed by atoms with E-state index < -0.39 is 0 Å². The number of anilines is 2. The highest BCUT2D eigenvalue weighted by Gasteiger charge is 2.26. The maximum absolute atomic E-state index is 13.6. The first-order valence-corrected chi connectivity index (χ1v) is 6.93. The Kier molecular flexibility index (Phi) is 2.63. The molecule has 4 N–H and O–H groups in total. The fourth-order valence-corrected chi connectivity index (χ4v) is 3.07. The Morgan fingerprint density at radius 3 is 2.59 bits per heavy atom. The number of nitrogens with zero attached hydrogens (tertiary/aromatic N) is 2. The molecule has 2 aromatic carbocycles. The van der Waals surface area contributed by atoms with Gasteiger partial charge in [-0.1, -0.05) is 30.3 Å². The van der Waals surface area contributed by atoms with E-state index in [1.807, 2.05) is 24.3 Å². The number of aromatic nitrogens is 2. The molecule has 1 aliphatic carbocycles. The summed E-state index contributed by atoms with van der Waals surface area (Å²) in [6, 6.07) is 12.5. The number of hydrogen-bond donors (Lipinski definition) is 2. The summed E-state index contributed by atoms with van der Waals surface area (Å²) in [4.78, 5) is 8.36. The van der Waals surface area contributed by atoms with E-state index in [2.05, 4.69) is 9.97 Å². The van der Waals surface area contributed by atoms with Crippen LogP contribution in [0, 0.1) is 5.82 Å². The molecule has 4 rings (SSSR count). The van der Waals surface area contributed by atoms with Gasteiger partial charge in [-0.2, -0.15) is 4.98 Å². The molecule has 0 spiro atoms. The second kappa shape index (κ2) is 4.53. The van der Waals surface area contributed by atoms with Gasteiger partial charge in [0.1, 0.15) is 11.6 Å². The van der Waals surface area contributed by atoms with Gasteiger partial charge in [0, 0.05) is 12.0 Å². The van der Waals surface area contributed by atoms with Crippen molar-refractivity contribution in [2.75, 3.05) is 11.5 Å². The van der Waals surface area contributed by atoms with Gasteiger partial charge in [0.05, 0.1) is 5.69 Å².